The molecular formula is C26H38Cl2N3O4S+. The minimum absolute atomic E-state index is 0.0350. The molecule has 0 bridgehead atoms. The number of nitrogens with zero attached hydrogens (tertiary/aromatic N) is 1. The molecule has 0 radical (unpaired) electrons. The fraction of sp³-hybridized carbons (Fsp3) is 0.500. The number of halogens is 2. The van der Waals surface area contributed by atoms with E-state index in [4.69, 9.17) is 23.2 Å². The summed E-state index contributed by atoms with van der Waals surface area (Å²) in [6, 6.07) is 14.0. The number of aliphatic hydroxyl groups is 1. The average molecular weight is 560 g/mol. The molecule has 3 N–H and O–H groups in total. The normalized spacial score (nSPS) is 13.8. The summed E-state index contributed by atoms with van der Waals surface area (Å²) in [7, 11) is -4.20. The van der Waals surface area contributed by atoms with Crippen molar-refractivity contribution in [3.8, 4) is 0 Å². The van der Waals surface area contributed by atoms with Gasteiger partial charge in [0.15, 0.2) is 0 Å². The van der Waals surface area contributed by atoms with Crippen molar-refractivity contribution >= 4 is 39.3 Å². The van der Waals surface area contributed by atoms with Gasteiger partial charge in [-0.2, -0.15) is 12.3 Å². The smallest absolute Gasteiger partial charge is 0.386 e. The number of amides is 1. The number of hydrogen-bond acceptors (Lipinski definition) is 5. The minimum Gasteiger partial charge on any atom is -0.386 e. The van der Waals surface area contributed by atoms with E-state index >= 15 is 0 Å². The summed E-state index contributed by atoms with van der Waals surface area (Å²) in [6.45, 7) is 6.55. The summed E-state index contributed by atoms with van der Waals surface area (Å²) >= 11 is 12.5. The molecule has 0 aliphatic heterocycles. The molecule has 2 unspecified atom stereocenters. The molecule has 0 saturated heterocycles. The van der Waals surface area contributed by atoms with Gasteiger partial charge in [-0.15, -0.1) is 0 Å². The summed E-state index contributed by atoms with van der Waals surface area (Å²) in [5.41, 5.74) is 1.76. The van der Waals surface area contributed by atoms with Crippen LogP contribution in [0.1, 0.15) is 51.2 Å². The van der Waals surface area contributed by atoms with Gasteiger partial charge in [0.2, 0.25) is 5.91 Å². The van der Waals surface area contributed by atoms with E-state index in [0.717, 1.165) is 5.56 Å². The number of benzene rings is 2. The van der Waals surface area contributed by atoms with Crippen molar-refractivity contribution in [2.45, 2.75) is 65.1 Å². The van der Waals surface area contributed by atoms with Crippen LogP contribution in [-0.4, -0.2) is 55.1 Å². The van der Waals surface area contributed by atoms with E-state index in [0.29, 0.717) is 35.0 Å². The number of carbonyl (C=O) groups is 1. The molecule has 200 valence electrons. The molecule has 0 aliphatic rings. The number of aliphatic hydroxyl groups excluding tert-OH is 1. The SMILES string of the molecule is CCC[N+](CCC)(C(Cc1cc(Cl)cc(Cl)c1)C(O)CNCc1ccccc1)S(=O)(=O)NC(=O)CC. The Kier molecular flexibility index (Phi) is 12.1. The number of rotatable bonds is 15. The first-order valence-corrected chi connectivity index (χ1v) is 14.6. The van der Waals surface area contributed by atoms with Gasteiger partial charge in [0.1, 0.15) is 12.1 Å². The predicted molar refractivity (Wildman–Crippen MR) is 146 cm³/mol. The van der Waals surface area contributed by atoms with Gasteiger partial charge in [-0.1, -0.05) is 74.3 Å². The second-order valence-corrected chi connectivity index (χ2v) is 11.7. The van der Waals surface area contributed by atoms with Gasteiger partial charge in [0.05, 0.1) is 13.1 Å². The number of hydrogen-bond donors (Lipinski definition) is 3. The van der Waals surface area contributed by atoms with E-state index in [9.17, 15) is 18.3 Å². The molecule has 7 nitrogen and oxygen atoms in total. The van der Waals surface area contributed by atoms with Crippen LogP contribution in [0.25, 0.3) is 0 Å². The van der Waals surface area contributed by atoms with Gasteiger partial charge in [-0.05, 0) is 42.2 Å². The Morgan fingerprint density at radius 3 is 2.08 bits per heavy atom. The first kappa shape index (κ1) is 30.5. The average Bonchev–Trinajstić information content (AvgIpc) is 2.82. The zero-order chi connectivity index (χ0) is 26.8. The van der Waals surface area contributed by atoms with E-state index in [1.165, 1.54) is 0 Å². The molecule has 36 heavy (non-hydrogen) atoms. The van der Waals surface area contributed by atoms with Crippen LogP contribution < -0.4 is 10.0 Å². The Morgan fingerprint density at radius 1 is 0.972 bits per heavy atom. The van der Waals surface area contributed by atoms with E-state index in [-0.39, 0.29) is 32.5 Å². The Balaban J connectivity index is 2.51. The maximum Gasteiger partial charge on any atom is 0.396 e. The fourth-order valence-corrected chi connectivity index (χ4v) is 7.21. The van der Waals surface area contributed by atoms with Crippen LogP contribution in [0.3, 0.4) is 0 Å². The molecule has 2 atom stereocenters. The molecule has 0 saturated carbocycles. The summed E-state index contributed by atoms with van der Waals surface area (Å²) in [4.78, 5) is 12.2. The Bertz CT molecular complexity index is 1060. The van der Waals surface area contributed by atoms with Crippen LogP contribution in [0.15, 0.2) is 48.5 Å². The minimum atomic E-state index is -4.20. The van der Waals surface area contributed by atoms with Crippen molar-refractivity contribution in [1.82, 2.24) is 10.0 Å². The predicted octanol–water partition coefficient (Wildman–Crippen LogP) is 4.46. The van der Waals surface area contributed by atoms with Crippen molar-refractivity contribution in [3.63, 3.8) is 0 Å². The molecule has 2 aromatic carbocycles. The highest BCUT2D eigenvalue weighted by atomic mass is 35.5. The van der Waals surface area contributed by atoms with Gasteiger partial charge < -0.3 is 10.4 Å². The molecule has 0 fully saturated rings. The van der Waals surface area contributed by atoms with Crippen molar-refractivity contribution in [1.29, 1.82) is 0 Å². The first-order chi connectivity index (χ1) is 17.1. The maximum absolute atomic E-state index is 13.8. The number of carbonyl (C=O) groups excluding carboxylic acids is 1. The van der Waals surface area contributed by atoms with E-state index in [1.54, 1.807) is 25.1 Å². The van der Waals surface area contributed by atoms with E-state index < -0.39 is 32.2 Å². The maximum atomic E-state index is 13.8. The molecule has 2 rings (SSSR count). The molecule has 0 aromatic heterocycles. The Hall–Kier alpha value is -1.68. The van der Waals surface area contributed by atoms with Crippen LogP contribution >= 0.6 is 23.2 Å². The summed E-state index contributed by atoms with van der Waals surface area (Å²) in [5, 5.41) is 15.6. The van der Waals surface area contributed by atoms with Gasteiger partial charge in [0, 0.05) is 36.0 Å². The standard InChI is InChI=1S/C26H37Cl2N3O4S/c1-4-12-31(13-5-2,36(34,35)30-26(33)6-3)24(16-21-14-22(27)17-23(28)15-21)25(32)19-29-18-20-10-8-7-9-11-20/h7-11,14-15,17,24-25,29,32H,4-6,12-13,16,18-19H2,1-3H3/p+1. The van der Waals surface area contributed by atoms with Gasteiger partial charge in [-0.3, -0.25) is 4.79 Å². The van der Waals surface area contributed by atoms with E-state index in [2.05, 4.69) is 10.0 Å². The Morgan fingerprint density at radius 2 is 1.56 bits per heavy atom. The summed E-state index contributed by atoms with van der Waals surface area (Å²) in [6.07, 6.45) is 0.275. The zero-order valence-electron chi connectivity index (χ0n) is 21.2. The summed E-state index contributed by atoms with van der Waals surface area (Å²) in [5.74, 6) is -0.578. The van der Waals surface area contributed by atoms with Gasteiger partial charge in [0.25, 0.3) is 0 Å². The third-order valence-corrected chi connectivity index (χ3v) is 8.70. The molecule has 0 spiro atoms. The van der Waals surface area contributed by atoms with Crippen molar-refractivity contribution in [2.75, 3.05) is 19.6 Å². The Labute approximate surface area is 225 Å². The van der Waals surface area contributed by atoms with Gasteiger partial charge >= 0.3 is 10.2 Å². The molecule has 2 aromatic rings. The second-order valence-electron chi connectivity index (χ2n) is 8.99. The lowest BCUT2D eigenvalue weighted by molar-refractivity contribution is -0.838. The highest BCUT2D eigenvalue weighted by molar-refractivity contribution is 7.84. The van der Waals surface area contributed by atoms with Crippen molar-refractivity contribution in [3.05, 3.63) is 69.7 Å². The molecule has 10 heteroatoms. The van der Waals surface area contributed by atoms with Crippen LogP contribution in [0, 0.1) is 0 Å². The highest BCUT2D eigenvalue weighted by Crippen LogP contribution is 2.29. The lowest BCUT2D eigenvalue weighted by atomic mass is 9.98. The molecule has 1 amide bonds. The van der Waals surface area contributed by atoms with E-state index in [1.807, 2.05) is 44.2 Å². The van der Waals surface area contributed by atoms with Crippen LogP contribution in [0.5, 0.6) is 0 Å². The lowest BCUT2D eigenvalue weighted by Gasteiger charge is -2.44. The lowest BCUT2D eigenvalue weighted by Crippen LogP contribution is -2.68. The summed E-state index contributed by atoms with van der Waals surface area (Å²) < 4.78 is 29.4. The van der Waals surface area contributed by atoms with Gasteiger partial charge in [-0.25, -0.2) is 4.72 Å². The molecular weight excluding hydrogens is 521 g/mol. The molecule has 0 aliphatic carbocycles. The molecule has 0 heterocycles. The quantitative estimate of drug-likeness (QED) is 0.280. The third kappa shape index (κ3) is 8.16. The monoisotopic (exact) mass is 558 g/mol. The first-order valence-electron chi connectivity index (χ1n) is 12.4. The zero-order valence-corrected chi connectivity index (χ0v) is 23.5. The third-order valence-electron chi connectivity index (χ3n) is 6.19. The van der Waals surface area contributed by atoms with Crippen molar-refractivity contribution in [2.24, 2.45) is 0 Å². The fourth-order valence-electron chi connectivity index (χ4n) is 4.61. The number of quaternary nitrogens is 1. The van der Waals surface area contributed by atoms with Crippen LogP contribution in [-0.2, 0) is 28.0 Å². The topological polar surface area (TPSA) is 95.5 Å². The van der Waals surface area contributed by atoms with Crippen molar-refractivity contribution < 1.29 is 22.2 Å². The highest BCUT2D eigenvalue weighted by Gasteiger charge is 2.51. The largest absolute Gasteiger partial charge is 0.396 e. The van der Waals surface area contributed by atoms with Crippen LogP contribution in [0.4, 0.5) is 0 Å². The second kappa shape index (κ2) is 14.3. The number of nitrogens with one attached hydrogen (secondary N) is 2. The van der Waals surface area contributed by atoms with Crippen LogP contribution in [0.2, 0.25) is 10.0 Å².